The number of anilines is 1. The van der Waals surface area contributed by atoms with Gasteiger partial charge < -0.3 is 4.90 Å². The molecule has 5 heteroatoms. The van der Waals surface area contributed by atoms with E-state index in [0.29, 0.717) is 13.0 Å². The van der Waals surface area contributed by atoms with Gasteiger partial charge in [-0.05, 0) is 11.4 Å². The maximum atomic E-state index is 8.53. The second kappa shape index (κ2) is 4.24. The predicted molar refractivity (Wildman–Crippen MR) is 60.9 cm³/mol. The lowest BCUT2D eigenvalue weighted by atomic mass is 10.3. The molecule has 0 spiro atoms. The molecule has 0 saturated carbocycles. The second-order valence-electron chi connectivity index (χ2n) is 3.17. The van der Waals surface area contributed by atoms with Gasteiger partial charge in [0.1, 0.15) is 17.0 Å². The summed E-state index contributed by atoms with van der Waals surface area (Å²) in [6.07, 6.45) is 2.07. The Hall–Kier alpha value is -1.67. The topological polar surface area (TPSA) is 52.8 Å². The molecule has 2 heterocycles. The number of hydrogen-bond donors (Lipinski definition) is 0. The molecule has 0 atom stereocenters. The van der Waals surface area contributed by atoms with Gasteiger partial charge in [0.25, 0.3) is 0 Å². The Morgan fingerprint density at radius 3 is 3.20 bits per heavy atom. The maximum absolute atomic E-state index is 8.53. The standard InChI is InChI=1S/C10H10N4S/c1-14(5-2-4-11)9-8-3-6-15-10(8)13-7-12-9/h3,6-7H,2,5H2,1H3. The number of rotatable bonds is 3. The lowest BCUT2D eigenvalue weighted by Gasteiger charge is -2.16. The summed E-state index contributed by atoms with van der Waals surface area (Å²) >= 11 is 1.60. The van der Waals surface area contributed by atoms with E-state index in [1.165, 1.54) is 0 Å². The van der Waals surface area contributed by atoms with Crippen LogP contribution in [-0.2, 0) is 0 Å². The average Bonchev–Trinajstić information content (AvgIpc) is 2.73. The highest BCUT2D eigenvalue weighted by atomic mass is 32.1. The third-order valence-corrected chi connectivity index (χ3v) is 2.98. The van der Waals surface area contributed by atoms with Gasteiger partial charge in [0.15, 0.2) is 0 Å². The van der Waals surface area contributed by atoms with Crippen molar-refractivity contribution in [2.24, 2.45) is 0 Å². The third-order valence-electron chi connectivity index (χ3n) is 2.16. The van der Waals surface area contributed by atoms with E-state index in [1.807, 2.05) is 23.4 Å². The van der Waals surface area contributed by atoms with Crippen LogP contribution in [-0.4, -0.2) is 23.6 Å². The number of hydrogen-bond acceptors (Lipinski definition) is 5. The minimum atomic E-state index is 0.506. The molecule has 0 unspecified atom stereocenters. The molecule has 2 aromatic rings. The molecule has 0 aliphatic rings. The summed E-state index contributed by atoms with van der Waals surface area (Å²) in [4.78, 5) is 11.4. The minimum absolute atomic E-state index is 0.506. The molecule has 4 nitrogen and oxygen atoms in total. The van der Waals surface area contributed by atoms with Crippen molar-refractivity contribution in [1.29, 1.82) is 5.26 Å². The minimum Gasteiger partial charge on any atom is -0.358 e. The molecule has 0 radical (unpaired) electrons. The molecule has 2 aromatic heterocycles. The van der Waals surface area contributed by atoms with Crippen molar-refractivity contribution < 1.29 is 0 Å². The van der Waals surface area contributed by atoms with Crippen LogP contribution in [0.5, 0.6) is 0 Å². The Balaban J connectivity index is 2.34. The molecule has 0 saturated heterocycles. The first-order valence-electron chi connectivity index (χ1n) is 4.59. The molecular formula is C10H10N4S. The van der Waals surface area contributed by atoms with E-state index in [4.69, 9.17) is 5.26 Å². The fraction of sp³-hybridized carbons (Fsp3) is 0.300. The highest BCUT2D eigenvalue weighted by molar-refractivity contribution is 7.16. The Morgan fingerprint density at radius 2 is 2.40 bits per heavy atom. The zero-order valence-electron chi connectivity index (χ0n) is 8.34. The van der Waals surface area contributed by atoms with Crippen molar-refractivity contribution in [2.45, 2.75) is 6.42 Å². The van der Waals surface area contributed by atoms with Gasteiger partial charge in [-0.15, -0.1) is 11.3 Å². The van der Waals surface area contributed by atoms with Crippen molar-refractivity contribution in [3.05, 3.63) is 17.8 Å². The van der Waals surface area contributed by atoms with Crippen LogP contribution in [0.25, 0.3) is 10.2 Å². The number of nitriles is 1. The van der Waals surface area contributed by atoms with E-state index in [1.54, 1.807) is 17.7 Å². The van der Waals surface area contributed by atoms with Gasteiger partial charge in [-0.25, -0.2) is 9.97 Å². The van der Waals surface area contributed by atoms with Gasteiger partial charge >= 0.3 is 0 Å². The highest BCUT2D eigenvalue weighted by Crippen LogP contribution is 2.25. The Labute approximate surface area is 91.8 Å². The first kappa shape index (κ1) is 9.87. The van der Waals surface area contributed by atoms with E-state index in [9.17, 15) is 0 Å². The monoisotopic (exact) mass is 218 g/mol. The Morgan fingerprint density at radius 1 is 1.53 bits per heavy atom. The molecule has 0 aliphatic carbocycles. The smallest absolute Gasteiger partial charge is 0.140 e. The van der Waals surface area contributed by atoms with Crippen LogP contribution in [0.1, 0.15) is 6.42 Å². The van der Waals surface area contributed by atoms with Crippen LogP contribution < -0.4 is 4.90 Å². The largest absolute Gasteiger partial charge is 0.358 e. The second-order valence-corrected chi connectivity index (χ2v) is 4.06. The molecule has 76 valence electrons. The van der Waals surface area contributed by atoms with E-state index >= 15 is 0 Å². The summed E-state index contributed by atoms with van der Waals surface area (Å²) in [7, 11) is 1.94. The van der Waals surface area contributed by atoms with E-state index in [-0.39, 0.29) is 0 Å². The first-order chi connectivity index (χ1) is 7.33. The van der Waals surface area contributed by atoms with E-state index < -0.39 is 0 Å². The molecule has 0 aromatic carbocycles. The fourth-order valence-electron chi connectivity index (χ4n) is 1.40. The van der Waals surface area contributed by atoms with Gasteiger partial charge in [0.05, 0.1) is 17.9 Å². The molecule has 0 bridgehead atoms. The summed E-state index contributed by atoms with van der Waals surface area (Å²) in [5.41, 5.74) is 0. The summed E-state index contributed by atoms with van der Waals surface area (Å²) in [6.45, 7) is 0.693. The van der Waals surface area contributed by atoms with Crippen LogP contribution in [0, 0.1) is 11.3 Å². The first-order valence-corrected chi connectivity index (χ1v) is 5.47. The molecular weight excluding hydrogens is 208 g/mol. The highest BCUT2D eigenvalue weighted by Gasteiger charge is 2.08. The van der Waals surface area contributed by atoms with E-state index in [2.05, 4.69) is 16.0 Å². The average molecular weight is 218 g/mol. The van der Waals surface area contributed by atoms with Gasteiger partial charge in [0.2, 0.25) is 0 Å². The predicted octanol–water partition coefficient (Wildman–Crippen LogP) is 2.04. The van der Waals surface area contributed by atoms with Crippen molar-refractivity contribution in [3.8, 4) is 6.07 Å². The SMILES string of the molecule is CN(CCC#N)c1ncnc2sccc12. The maximum Gasteiger partial charge on any atom is 0.140 e. The van der Waals surface area contributed by atoms with Crippen LogP contribution in [0.3, 0.4) is 0 Å². The van der Waals surface area contributed by atoms with Crippen LogP contribution in [0.4, 0.5) is 5.82 Å². The van der Waals surface area contributed by atoms with Gasteiger partial charge in [-0.2, -0.15) is 5.26 Å². The molecule has 0 fully saturated rings. The molecule has 0 amide bonds. The zero-order chi connectivity index (χ0) is 10.7. The summed E-state index contributed by atoms with van der Waals surface area (Å²) in [5.74, 6) is 0.900. The van der Waals surface area contributed by atoms with Crippen molar-refractivity contribution >= 4 is 27.4 Å². The number of fused-ring (bicyclic) bond motifs is 1. The Bertz CT molecular complexity index is 499. The molecule has 2 rings (SSSR count). The summed E-state index contributed by atoms with van der Waals surface area (Å²) < 4.78 is 0. The Kier molecular flexibility index (Phi) is 2.79. The van der Waals surface area contributed by atoms with Gasteiger partial charge in [0, 0.05) is 13.6 Å². The number of aromatic nitrogens is 2. The molecule has 0 aliphatic heterocycles. The fourth-order valence-corrected chi connectivity index (χ4v) is 2.13. The lowest BCUT2D eigenvalue weighted by molar-refractivity contribution is 0.887. The normalized spacial score (nSPS) is 10.1. The van der Waals surface area contributed by atoms with Crippen molar-refractivity contribution in [1.82, 2.24) is 9.97 Å². The van der Waals surface area contributed by atoms with Crippen LogP contribution in [0.2, 0.25) is 0 Å². The van der Waals surface area contributed by atoms with Gasteiger partial charge in [-0.3, -0.25) is 0 Å². The zero-order valence-corrected chi connectivity index (χ0v) is 9.16. The molecule has 0 N–H and O–H groups in total. The quantitative estimate of drug-likeness (QED) is 0.791. The van der Waals surface area contributed by atoms with E-state index in [0.717, 1.165) is 16.0 Å². The number of thiophene rings is 1. The number of nitrogens with zero attached hydrogens (tertiary/aromatic N) is 4. The van der Waals surface area contributed by atoms with Crippen LogP contribution >= 0.6 is 11.3 Å². The van der Waals surface area contributed by atoms with Crippen LogP contribution in [0.15, 0.2) is 17.8 Å². The van der Waals surface area contributed by atoms with Gasteiger partial charge in [-0.1, -0.05) is 0 Å². The van der Waals surface area contributed by atoms with Crippen molar-refractivity contribution in [3.63, 3.8) is 0 Å². The lowest BCUT2D eigenvalue weighted by Crippen LogP contribution is -2.19. The van der Waals surface area contributed by atoms with Crippen molar-refractivity contribution in [2.75, 3.05) is 18.5 Å². The summed E-state index contributed by atoms with van der Waals surface area (Å²) in [6, 6.07) is 4.14. The summed E-state index contributed by atoms with van der Waals surface area (Å²) in [5, 5.41) is 11.6. The third kappa shape index (κ3) is 1.90. The molecule has 15 heavy (non-hydrogen) atoms.